The summed E-state index contributed by atoms with van der Waals surface area (Å²) in [7, 11) is 0. The summed E-state index contributed by atoms with van der Waals surface area (Å²) in [6.45, 7) is 8.72. The molecule has 0 saturated carbocycles. The van der Waals surface area contributed by atoms with Crippen LogP contribution >= 0.6 is 0 Å². The van der Waals surface area contributed by atoms with Crippen LogP contribution in [0.15, 0.2) is 24.3 Å². The number of carbonyl (C=O) groups excluding carboxylic acids is 2. The number of rotatable bonds is 5. The van der Waals surface area contributed by atoms with E-state index in [4.69, 9.17) is 4.74 Å². The Kier molecular flexibility index (Phi) is 7.45. The van der Waals surface area contributed by atoms with Gasteiger partial charge in [-0.25, -0.2) is 0 Å². The highest BCUT2D eigenvalue weighted by atomic mass is 16.5. The third kappa shape index (κ3) is 5.57. The molecule has 1 unspecified atom stereocenters. The summed E-state index contributed by atoms with van der Waals surface area (Å²) in [5, 5.41) is 3.06. The molecule has 3 fully saturated rings. The number of hydrogen-bond donors (Lipinski definition) is 1. The van der Waals surface area contributed by atoms with Gasteiger partial charge in [-0.2, -0.15) is 0 Å². The van der Waals surface area contributed by atoms with Gasteiger partial charge in [0.2, 0.25) is 11.8 Å². The van der Waals surface area contributed by atoms with Crippen LogP contribution in [0.5, 0.6) is 0 Å². The summed E-state index contributed by atoms with van der Waals surface area (Å²) >= 11 is 0. The highest BCUT2D eigenvalue weighted by Gasteiger charge is 2.32. The molecule has 0 spiro atoms. The van der Waals surface area contributed by atoms with Gasteiger partial charge in [0, 0.05) is 43.5 Å². The van der Waals surface area contributed by atoms with E-state index in [9.17, 15) is 9.59 Å². The smallest absolute Gasteiger partial charge is 0.241 e. The molecule has 2 amide bonds. The number of morpholine rings is 1. The third-order valence-electron chi connectivity index (χ3n) is 6.98. The lowest BCUT2D eigenvalue weighted by molar-refractivity contribution is -0.138. The second kappa shape index (κ2) is 10.5. The van der Waals surface area contributed by atoms with Gasteiger partial charge < -0.3 is 19.9 Å². The molecular weight excluding hydrogens is 392 g/mol. The molecule has 7 nitrogen and oxygen atoms in total. The number of nitrogens with one attached hydrogen (secondary N) is 1. The van der Waals surface area contributed by atoms with Crippen molar-refractivity contribution in [1.29, 1.82) is 0 Å². The van der Waals surface area contributed by atoms with Crippen LogP contribution in [0.2, 0.25) is 0 Å². The van der Waals surface area contributed by atoms with Crippen molar-refractivity contribution in [3.8, 4) is 0 Å². The van der Waals surface area contributed by atoms with Crippen LogP contribution < -0.4 is 10.2 Å². The summed E-state index contributed by atoms with van der Waals surface area (Å²) in [6, 6.07) is 7.86. The van der Waals surface area contributed by atoms with E-state index >= 15 is 0 Å². The molecule has 1 N–H and O–H groups in total. The number of nitrogens with zero attached hydrogens (tertiary/aromatic N) is 3. The Morgan fingerprint density at radius 1 is 0.935 bits per heavy atom. The molecule has 31 heavy (non-hydrogen) atoms. The molecule has 4 rings (SSSR count). The quantitative estimate of drug-likeness (QED) is 0.781. The fourth-order valence-electron chi connectivity index (χ4n) is 4.90. The van der Waals surface area contributed by atoms with Gasteiger partial charge in [-0.3, -0.25) is 14.5 Å². The fourth-order valence-corrected chi connectivity index (χ4v) is 4.90. The van der Waals surface area contributed by atoms with Crippen molar-refractivity contribution in [3.05, 3.63) is 24.3 Å². The Labute approximate surface area is 185 Å². The van der Waals surface area contributed by atoms with E-state index in [1.54, 1.807) is 0 Å². The monoisotopic (exact) mass is 428 g/mol. The molecule has 3 aliphatic heterocycles. The summed E-state index contributed by atoms with van der Waals surface area (Å²) < 4.78 is 5.41. The molecule has 1 atom stereocenters. The van der Waals surface area contributed by atoms with Gasteiger partial charge in [0.1, 0.15) is 0 Å². The van der Waals surface area contributed by atoms with Gasteiger partial charge in [0.25, 0.3) is 0 Å². The summed E-state index contributed by atoms with van der Waals surface area (Å²) in [5.74, 6) is 0.467. The number of ether oxygens (including phenoxy) is 1. The maximum Gasteiger partial charge on any atom is 0.241 e. The van der Waals surface area contributed by atoms with Crippen LogP contribution in [0, 0.1) is 5.92 Å². The molecule has 1 aromatic carbocycles. The molecule has 7 heteroatoms. The van der Waals surface area contributed by atoms with Crippen LogP contribution in [0.1, 0.15) is 39.0 Å². The van der Waals surface area contributed by atoms with Crippen LogP contribution in [0.3, 0.4) is 0 Å². The van der Waals surface area contributed by atoms with E-state index in [1.807, 2.05) is 19.1 Å². The average molecular weight is 429 g/mol. The van der Waals surface area contributed by atoms with E-state index < -0.39 is 0 Å². The molecule has 0 bridgehead atoms. The first kappa shape index (κ1) is 22.1. The number of amides is 2. The van der Waals surface area contributed by atoms with E-state index in [0.717, 1.165) is 89.5 Å². The number of carbonyl (C=O) groups is 2. The zero-order valence-electron chi connectivity index (χ0n) is 18.7. The summed E-state index contributed by atoms with van der Waals surface area (Å²) in [6.07, 6.45) is 5.21. The Bertz CT molecular complexity index is 734. The molecule has 0 aromatic heterocycles. The first-order valence-corrected chi connectivity index (χ1v) is 11.9. The second-order valence-corrected chi connectivity index (χ2v) is 9.01. The van der Waals surface area contributed by atoms with Crippen LogP contribution in [0.25, 0.3) is 0 Å². The lowest BCUT2D eigenvalue weighted by Gasteiger charge is -2.37. The normalized spacial score (nSPS) is 22.2. The van der Waals surface area contributed by atoms with E-state index in [2.05, 4.69) is 32.1 Å². The first-order chi connectivity index (χ1) is 15.1. The Morgan fingerprint density at radius 2 is 1.58 bits per heavy atom. The highest BCUT2D eigenvalue weighted by Crippen LogP contribution is 2.24. The average Bonchev–Trinajstić information content (AvgIpc) is 2.85. The SMILES string of the molecule is CC(C(=O)Nc1ccc(N2CCOCC2)cc1)N1CCC(C(=O)N2CCCCC2)CC1. The predicted octanol–water partition coefficient (Wildman–Crippen LogP) is 2.57. The molecule has 0 aliphatic carbocycles. The van der Waals surface area contributed by atoms with Gasteiger partial charge in [-0.1, -0.05) is 0 Å². The molecule has 1 aromatic rings. The molecule has 3 aliphatic rings. The lowest BCUT2D eigenvalue weighted by Crippen LogP contribution is -2.49. The fraction of sp³-hybridized carbons (Fsp3) is 0.667. The zero-order valence-corrected chi connectivity index (χ0v) is 18.7. The summed E-state index contributed by atoms with van der Waals surface area (Å²) in [4.78, 5) is 32.1. The number of anilines is 2. The van der Waals surface area contributed by atoms with E-state index in [-0.39, 0.29) is 17.9 Å². The Balaban J connectivity index is 1.24. The minimum absolute atomic E-state index is 0.0138. The number of hydrogen-bond acceptors (Lipinski definition) is 5. The minimum Gasteiger partial charge on any atom is -0.378 e. The minimum atomic E-state index is -0.204. The van der Waals surface area contributed by atoms with Gasteiger partial charge in [0.15, 0.2) is 0 Å². The van der Waals surface area contributed by atoms with Crippen molar-refractivity contribution in [1.82, 2.24) is 9.80 Å². The number of likely N-dealkylation sites (tertiary alicyclic amines) is 2. The summed E-state index contributed by atoms with van der Waals surface area (Å²) in [5.41, 5.74) is 1.99. The van der Waals surface area contributed by atoms with Gasteiger partial charge in [-0.15, -0.1) is 0 Å². The van der Waals surface area contributed by atoms with Gasteiger partial charge >= 0.3 is 0 Å². The molecular formula is C24H36N4O3. The maximum absolute atomic E-state index is 12.8. The van der Waals surface area contributed by atoms with Crippen molar-refractivity contribution in [2.45, 2.75) is 45.1 Å². The van der Waals surface area contributed by atoms with Crippen LogP contribution in [0.4, 0.5) is 11.4 Å². The van der Waals surface area contributed by atoms with Crippen LogP contribution in [-0.4, -0.2) is 80.1 Å². The maximum atomic E-state index is 12.8. The van der Waals surface area contributed by atoms with Crippen molar-refractivity contribution >= 4 is 23.2 Å². The topological polar surface area (TPSA) is 65.1 Å². The Morgan fingerprint density at radius 3 is 2.23 bits per heavy atom. The van der Waals surface area contributed by atoms with Gasteiger partial charge in [0.05, 0.1) is 19.3 Å². The van der Waals surface area contributed by atoms with Gasteiger partial charge in [-0.05, 0) is 76.4 Å². The highest BCUT2D eigenvalue weighted by molar-refractivity contribution is 5.94. The van der Waals surface area contributed by atoms with Crippen molar-refractivity contribution < 1.29 is 14.3 Å². The molecule has 3 heterocycles. The van der Waals surface area contributed by atoms with Crippen molar-refractivity contribution in [3.63, 3.8) is 0 Å². The van der Waals surface area contributed by atoms with E-state index in [1.165, 1.54) is 6.42 Å². The zero-order chi connectivity index (χ0) is 21.6. The standard InChI is InChI=1S/C24H36N4O3/c1-19(26-13-9-20(10-14-26)24(30)28-11-3-2-4-12-28)23(29)25-21-5-7-22(8-6-21)27-15-17-31-18-16-27/h5-8,19-20H,2-4,9-18H2,1H3,(H,25,29). The molecule has 3 saturated heterocycles. The van der Waals surface area contributed by atoms with Crippen LogP contribution in [-0.2, 0) is 14.3 Å². The first-order valence-electron chi connectivity index (χ1n) is 11.9. The molecule has 0 radical (unpaired) electrons. The Hall–Kier alpha value is -2.12. The number of piperidine rings is 2. The van der Waals surface area contributed by atoms with E-state index in [0.29, 0.717) is 5.91 Å². The molecule has 170 valence electrons. The lowest BCUT2D eigenvalue weighted by atomic mass is 9.93. The predicted molar refractivity (Wildman–Crippen MR) is 122 cm³/mol. The largest absolute Gasteiger partial charge is 0.378 e. The number of benzene rings is 1. The third-order valence-corrected chi connectivity index (χ3v) is 6.98. The van der Waals surface area contributed by atoms with Crippen molar-refractivity contribution in [2.75, 3.05) is 62.7 Å². The second-order valence-electron chi connectivity index (χ2n) is 9.01. The van der Waals surface area contributed by atoms with Crippen molar-refractivity contribution in [2.24, 2.45) is 5.92 Å².